The Morgan fingerprint density at radius 2 is 2.03 bits per heavy atom. The van der Waals surface area contributed by atoms with Crippen LogP contribution in [0.3, 0.4) is 0 Å². The Kier molecular flexibility index (Phi) is 5.27. The van der Waals surface area contributed by atoms with E-state index in [1.165, 1.54) is 16.4 Å². The van der Waals surface area contributed by atoms with Crippen molar-refractivity contribution < 1.29 is 8.42 Å². The summed E-state index contributed by atoms with van der Waals surface area (Å²) in [6.07, 6.45) is 4.42. The van der Waals surface area contributed by atoms with Crippen LogP contribution >= 0.6 is 0 Å². The minimum Gasteiger partial charge on any atom is -0.353 e. The van der Waals surface area contributed by atoms with Gasteiger partial charge in [0.25, 0.3) is 0 Å². The van der Waals surface area contributed by atoms with E-state index in [1.807, 2.05) is 6.07 Å². The fraction of sp³-hybridized carbons (Fsp3) is 0.476. The van der Waals surface area contributed by atoms with Crippen molar-refractivity contribution in [1.29, 1.82) is 0 Å². The second-order valence-corrected chi connectivity index (χ2v) is 10.0. The van der Waals surface area contributed by atoms with Crippen LogP contribution in [0.2, 0.25) is 0 Å². The molecular weight excluding hydrogens is 386 g/mol. The van der Waals surface area contributed by atoms with Crippen LogP contribution in [0.15, 0.2) is 41.4 Å². The van der Waals surface area contributed by atoms with Gasteiger partial charge in [-0.1, -0.05) is 0 Å². The summed E-state index contributed by atoms with van der Waals surface area (Å²) in [5, 5.41) is 0. The molecule has 1 aromatic carbocycles. The first-order chi connectivity index (χ1) is 13.8. The lowest BCUT2D eigenvalue weighted by atomic mass is 10.1. The van der Waals surface area contributed by atoms with Gasteiger partial charge in [-0.2, -0.15) is 0 Å². The molecule has 1 aliphatic heterocycles. The van der Waals surface area contributed by atoms with Gasteiger partial charge in [0.2, 0.25) is 10.0 Å². The molecule has 7 nitrogen and oxygen atoms in total. The number of hydrogen-bond acceptors (Lipinski definition) is 4. The minimum absolute atomic E-state index is 0.283. The molecule has 0 radical (unpaired) electrons. The lowest BCUT2D eigenvalue weighted by Crippen LogP contribution is -2.25. The number of likely N-dealkylation sites (tertiary alicyclic amines) is 1. The summed E-state index contributed by atoms with van der Waals surface area (Å²) in [5.41, 5.74) is 3.05. The van der Waals surface area contributed by atoms with Gasteiger partial charge in [-0.05, 0) is 56.6 Å². The quantitative estimate of drug-likeness (QED) is 0.621. The maximum Gasteiger partial charge on any atom is 0.242 e. The highest BCUT2D eigenvalue weighted by molar-refractivity contribution is 7.89. The number of hydrogen-bond donors (Lipinski definition) is 0. The van der Waals surface area contributed by atoms with Gasteiger partial charge in [-0.3, -0.25) is 4.90 Å². The van der Waals surface area contributed by atoms with Gasteiger partial charge >= 0.3 is 0 Å². The van der Waals surface area contributed by atoms with Crippen molar-refractivity contribution in [3.8, 4) is 0 Å². The fourth-order valence-corrected chi connectivity index (χ4v) is 5.28. The molecule has 0 bridgehead atoms. The van der Waals surface area contributed by atoms with Crippen LogP contribution in [0.5, 0.6) is 0 Å². The molecule has 1 fully saturated rings. The van der Waals surface area contributed by atoms with Gasteiger partial charge in [-0.25, -0.2) is 17.7 Å². The van der Waals surface area contributed by atoms with Crippen molar-refractivity contribution in [2.45, 2.75) is 43.8 Å². The second kappa shape index (κ2) is 7.59. The van der Waals surface area contributed by atoms with E-state index in [-0.39, 0.29) is 4.90 Å². The van der Waals surface area contributed by atoms with Crippen LogP contribution < -0.4 is 0 Å². The molecule has 0 aliphatic carbocycles. The van der Waals surface area contributed by atoms with Crippen LogP contribution in [0.25, 0.3) is 11.0 Å². The number of nitrogens with zero attached hydrogens (tertiary/aromatic N) is 5. The van der Waals surface area contributed by atoms with E-state index in [9.17, 15) is 8.42 Å². The van der Waals surface area contributed by atoms with E-state index < -0.39 is 10.0 Å². The normalized spacial score (nSPS) is 18.3. The molecule has 3 aromatic rings. The average molecular weight is 416 g/mol. The molecule has 3 heterocycles. The number of aromatic nitrogens is 3. The number of aryl methyl sites for hydroxylation is 2. The maximum absolute atomic E-state index is 12.5. The van der Waals surface area contributed by atoms with Crippen LogP contribution in [-0.2, 0) is 30.2 Å². The molecule has 0 unspecified atom stereocenters. The predicted molar refractivity (Wildman–Crippen MR) is 114 cm³/mol. The summed E-state index contributed by atoms with van der Waals surface area (Å²) < 4.78 is 30.6. The summed E-state index contributed by atoms with van der Waals surface area (Å²) in [5.74, 6) is 0.989. The Morgan fingerprint density at radius 3 is 2.69 bits per heavy atom. The van der Waals surface area contributed by atoms with E-state index in [0.29, 0.717) is 6.04 Å². The van der Waals surface area contributed by atoms with Gasteiger partial charge in [0, 0.05) is 39.6 Å². The Morgan fingerprint density at radius 1 is 1.24 bits per heavy atom. The molecule has 29 heavy (non-hydrogen) atoms. The summed E-state index contributed by atoms with van der Waals surface area (Å²) in [4.78, 5) is 7.62. The van der Waals surface area contributed by atoms with Crippen molar-refractivity contribution in [3.05, 3.63) is 48.0 Å². The largest absolute Gasteiger partial charge is 0.353 e. The first-order valence-electron chi connectivity index (χ1n) is 10.1. The predicted octanol–water partition coefficient (Wildman–Crippen LogP) is 2.98. The van der Waals surface area contributed by atoms with Crippen LogP contribution in [0.4, 0.5) is 0 Å². The molecule has 0 saturated carbocycles. The Hall–Kier alpha value is -2.16. The molecule has 1 aliphatic rings. The standard InChI is InChI=1S/C21H29N5O2S/c1-5-26-18-11-10-16(29(27,28)23(2)3)14-17(18)22-21(26)15-25-13-7-9-20(25)19-8-6-12-24(19)4/h6,8,10-12,14,20H,5,7,9,13,15H2,1-4H3/t20-/m1/s1. The molecule has 1 atom stereocenters. The first kappa shape index (κ1) is 20.1. The number of fused-ring (bicyclic) bond motifs is 1. The van der Waals surface area contributed by atoms with E-state index >= 15 is 0 Å². The number of rotatable bonds is 6. The van der Waals surface area contributed by atoms with Crippen molar-refractivity contribution in [2.75, 3.05) is 20.6 Å². The first-order valence-corrected chi connectivity index (χ1v) is 11.5. The summed E-state index contributed by atoms with van der Waals surface area (Å²) in [6, 6.07) is 9.94. The van der Waals surface area contributed by atoms with E-state index in [0.717, 1.165) is 42.9 Å². The van der Waals surface area contributed by atoms with Gasteiger partial charge in [0.05, 0.1) is 28.5 Å². The number of benzene rings is 1. The molecule has 0 amide bonds. The monoisotopic (exact) mass is 415 g/mol. The number of imidazole rings is 1. The SMILES string of the molecule is CCn1c(CN2CCC[C@@H]2c2cccn2C)nc2cc(S(=O)(=O)N(C)C)ccc21. The lowest BCUT2D eigenvalue weighted by molar-refractivity contribution is 0.232. The highest BCUT2D eigenvalue weighted by Crippen LogP contribution is 2.33. The highest BCUT2D eigenvalue weighted by atomic mass is 32.2. The molecule has 2 aromatic heterocycles. The maximum atomic E-state index is 12.5. The van der Waals surface area contributed by atoms with Gasteiger partial charge in [-0.15, -0.1) is 0 Å². The average Bonchev–Trinajstić information content (AvgIpc) is 3.39. The Bertz CT molecular complexity index is 1130. The van der Waals surface area contributed by atoms with E-state index in [4.69, 9.17) is 4.98 Å². The smallest absolute Gasteiger partial charge is 0.242 e. The zero-order valence-electron chi connectivity index (χ0n) is 17.5. The minimum atomic E-state index is -3.47. The van der Waals surface area contributed by atoms with Gasteiger partial charge in [0.1, 0.15) is 5.82 Å². The molecule has 1 saturated heterocycles. The molecule has 0 spiro atoms. The van der Waals surface area contributed by atoms with Gasteiger partial charge in [0.15, 0.2) is 0 Å². The van der Waals surface area contributed by atoms with Crippen molar-refractivity contribution in [2.24, 2.45) is 7.05 Å². The third-order valence-electron chi connectivity index (χ3n) is 5.93. The molecule has 156 valence electrons. The molecule has 8 heteroatoms. The van der Waals surface area contributed by atoms with Crippen LogP contribution in [-0.4, -0.2) is 52.4 Å². The highest BCUT2D eigenvalue weighted by Gasteiger charge is 2.29. The molecular formula is C21H29N5O2S. The van der Waals surface area contributed by atoms with Crippen LogP contribution in [0.1, 0.15) is 37.3 Å². The number of sulfonamides is 1. The zero-order chi connectivity index (χ0) is 20.8. The zero-order valence-corrected chi connectivity index (χ0v) is 18.4. The van der Waals surface area contributed by atoms with Crippen molar-refractivity contribution in [3.63, 3.8) is 0 Å². The van der Waals surface area contributed by atoms with Crippen LogP contribution in [0, 0.1) is 0 Å². The Balaban J connectivity index is 1.69. The van der Waals surface area contributed by atoms with Crippen molar-refractivity contribution in [1.82, 2.24) is 23.3 Å². The van der Waals surface area contributed by atoms with Crippen molar-refractivity contribution >= 4 is 21.1 Å². The topological polar surface area (TPSA) is 63.4 Å². The summed E-state index contributed by atoms with van der Waals surface area (Å²) in [7, 11) is 1.72. The summed E-state index contributed by atoms with van der Waals surface area (Å²) >= 11 is 0. The fourth-order valence-electron chi connectivity index (χ4n) is 4.36. The Labute approximate surface area is 172 Å². The lowest BCUT2D eigenvalue weighted by Gasteiger charge is -2.25. The van der Waals surface area contributed by atoms with Gasteiger partial charge < -0.3 is 9.13 Å². The third-order valence-corrected chi connectivity index (χ3v) is 7.74. The molecule has 4 rings (SSSR count). The molecule has 0 N–H and O–H groups in total. The second-order valence-electron chi connectivity index (χ2n) is 7.88. The van der Waals surface area contributed by atoms with E-state index in [2.05, 4.69) is 46.3 Å². The third kappa shape index (κ3) is 3.49. The van der Waals surface area contributed by atoms with E-state index in [1.54, 1.807) is 26.2 Å². The summed E-state index contributed by atoms with van der Waals surface area (Å²) in [6.45, 7) is 4.71.